The Kier molecular flexibility index (Phi) is 55.1. The lowest BCUT2D eigenvalue weighted by molar-refractivity contribution is 0.456. The van der Waals surface area contributed by atoms with E-state index in [1.807, 2.05) is 364 Å². The Balaban J connectivity index is 0.000000595. The van der Waals surface area contributed by atoms with E-state index < -0.39 is 0 Å². The minimum Gasteiger partial charge on any atom is -0.464 e. The van der Waals surface area contributed by atoms with E-state index in [4.69, 9.17) is 17.8 Å². The van der Waals surface area contributed by atoms with Gasteiger partial charge in [0.15, 0.2) is 23.1 Å². The van der Waals surface area contributed by atoms with Crippen LogP contribution in [0.15, 0.2) is 323 Å². The van der Waals surface area contributed by atoms with Crippen LogP contribution >= 0.6 is 11.3 Å². The second-order valence-corrected chi connectivity index (χ2v) is 19.8. The van der Waals surface area contributed by atoms with Crippen molar-refractivity contribution in [2.45, 2.75) is 138 Å². The predicted octanol–water partition coefficient (Wildman–Crippen LogP) is 27.7. The SMILES string of the molecule is CC.CC.CC.CC.CC.CC.CC.CC.CC.CC.c1cc2[nH]ccc2cn1.c1cc2cc[nH]c2cn1.c1cc2ccsc2cn1.c1cc2occc2cn1.c1ccc2[nH]cnc2c1.c1ccc2[nH]ncc2c1.c1ccc2ocnc2c1.c1ccc2oncc2c1.c1cnc2cc[nH]c2c1.c1cnc2ccoc2c1. The van der Waals surface area contributed by atoms with Crippen molar-refractivity contribution in [2.24, 2.45) is 0 Å². The molecule has 0 amide bonds. The number of aromatic nitrogens is 15. The van der Waals surface area contributed by atoms with Crippen LogP contribution in [0.4, 0.5) is 0 Å². The van der Waals surface area contributed by atoms with Gasteiger partial charge < -0.3 is 37.7 Å². The van der Waals surface area contributed by atoms with Crippen molar-refractivity contribution >= 4 is 120 Å². The fourth-order valence-electron chi connectivity index (χ4n) is 8.46. The highest BCUT2D eigenvalue weighted by Crippen LogP contribution is 2.19. The molecule has 20 aromatic rings. The van der Waals surface area contributed by atoms with Crippen molar-refractivity contribution in [3.8, 4) is 0 Å². The van der Waals surface area contributed by atoms with Gasteiger partial charge in [-0.25, -0.2) is 9.97 Å². The predicted molar refractivity (Wildman–Crippen MR) is 470 cm³/mol. The molecule has 16 aromatic heterocycles. The molecule has 4 aromatic carbocycles. The smallest absolute Gasteiger partial charge is 0.181 e. The van der Waals surface area contributed by atoms with Crippen molar-refractivity contribution in [3.63, 3.8) is 0 Å². The molecule has 5 N–H and O–H groups in total. The fraction of sp³-hybridized carbons (Fsp3) is 0.222. The second-order valence-electron chi connectivity index (χ2n) is 18.8. The molecule has 0 bridgehead atoms. The quantitative estimate of drug-likeness (QED) is 0.0946. The Bertz CT molecular complexity index is 3930. The Labute approximate surface area is 653 Å². The van der Waals surface area contributed by atoms with Crippen LogP contribution in [0.1, 0.15) is 138 Å². The average Bonchev–Trinajstić information content (AvgIpc) is 1.82. The lowest BCUT2D eigenvalue weighted by Gasteiger charge is -1.82. The maximum atomic E-state index is 5.08. The minimum absolute atomic E-state index is 0.845. The van der Waals surface area contributed by atoms with Gasteiger partial charge in [-0.1, -0.05) is 198 Å². The number of oxazole rings is 1. The third-order valence-corrected chi connectivity index (χ3v) is 13.8. The molecule has 110 heavy (non-hydrogen) atoms. The number of benzene rings is 4. The zero-order valence-electron chi connectivity index (χ0n) is 67.9. The molecule has 0 unspecified atom stereocenters. The van der Waals surface area contributed by atoms with E-state index in [2.05, 4.69) is 86.6 Å². The van der Waals surface area contributed by atoms with Crippen LogP contribution in [0.2, 0.25) is 0 Å². The summed E-state index contributed by atoms with van der Waals surface area (Å²) in [5.41, 5.74) is 12.8. The molecule has 0 fully saturated rings. The van der Waals surface area contributed by atoms with Gasteiger partial charge in [0.2, 0.25) is 0 Å². The molecule has 16 heterocycles. The van der Waals surface area contributed by atoms with Crippen molar-refractivity contribution in [1.29, 1.82) is 0 Å². The second kappa shape index (κ2) is 63.6. The number of rotatable bonds is 0. The van der Waals surface area contributed by atoms with Gasteiger partial charge in [0.05, 0.1) is 75.2 Å². The molecule has 0 saturated carbocycles. The molecule has 580 valence electrons. The summed E-state index contributed by atoms with van der Waals surface area (Å²) in [5.74, 6) is 0. The summed E-state index contributed by atoms with van der Waals surface area (Å²) in [7, 11) is 0. The zero-order valence-corrected chi connectivity index (χ0v) is 68.7. The van der Waals surface area contributed by atoms with Gasteiger partial charge in [0.1, 0.15) is 16.6 Å². The molecular weight excluding hydrogens is 1390 g/mol. The number of nitrogens with one attached hydrogen (secondary N) is 5. The number of hydrogen-bond acceptors (Lipinski definition) is 15. The van der Waals surface area contributed by atoms with Crippen molar-refractivity contribution in [1.82, 2.24) is 75.2 Å². The van der Waals surface area contributed by atoms with Gasteiger partial charge in [-0.3, -0.25) is 35.0 Å². The van der Waals surface area contributed by atoms with Crippen molar-refractivity contribution < 1.29 is 17.8 Å². The molecule has 0 saturated heterocycles. The highest BCUT2D eigenvalue weighted by molar-refractivity contribution is 7.17. The third-order valence-electron chi connectivity index (χ3n) is 12.9. The van der Waals surface area contributed by atoms with Gasteiger partial charge in [-0.05, 0) is 132 Å². The highest BCUT2D eigenvalue weighted by atomic mass is 32.1. The zero-order chi connectivity index (χ0) is 81.0. The van der Waals surface area contributed by atoms with E-state index in [1.54, 1.807) is 73.6 Å². The summed E-state index contributed by atoms with van der Waals surface area (Å²) in [5, 5.41) is 19.4. The first kappa shape index (κ1) is 95.3. The third kappa shape index (κ3) is 34.3. The Morgan fingerprint density at radius 1 is 0.282 bits per heavy atom. The number of para-hydroxylation sites is 6. The van der Waals surface area contributed by atoms with E-state index in [1.165, 1.54) is 21.9 Å². The standard InChI is InChI=1S/5C7H6N2.4C7H5NO.C7H5NS.10C2H6/c1-4-9-7-2-3-8-5-6(1)7;1-3-8-5-7-6(1)2-4-9-7;1-2-6-7(8-4-1)3-5-9-6;1-2-4-7-6(3-1)8-5-9-7;1-2-4-7-6(3-1)5-8-9-7;1-3-8-5-6-2-4-9-7(1)6;1-2-7-6(8-4-1)3-5-9-7;1-2-4-7-6(3-1)8-5-9-7;1-2-4-7-6(3-1)5-8-9-7;1-3-8-5-7-6(1)2-4-9-7;10*1-2/h3*1-5,9H;2*1-5H,(H,8,9);5*1-5H;10*1-2H3. The lowest BCUT2D eigenvalue weighted by atomic mass is 10.3. The Hall–Kier alpha value is -12.7. The molecule has 0 aliphatic heterocycles. The average molecular weight is 1500 g/mol. The van der Waals surface area contributed by atoms with Crippen molar-refractivity contribution in [2.75, 3.05) is 0 Å². The molecule has 19 nitrogen and oxygen atoms in total. The molecule has 20 heteroatoms. The fourth-order valence-corrected chi connectivity index (χ4v) is 9.21. The monoisotopic (exact) mass is 1500 g/mol. The summed E-state index contributed by atoms with van der Waals surface area (Å²) >= 11 is 1.72. The number of pyridine rings is 6. The summed E-state index contributed by atoms with van der Waals surface area (Å²) in [6.45, 7) is 40.0. The van der Waals surface area contributed by atoms with E-state index in [-0.39, 0.29) is 0 Å². The summed E-state index contributed by atoms with van der Waals surface area (Å²) < 4.78 is 21.3. The van der Waals surface area contributed by atoms with Crippen LogP contribution in [-0.4, -0.2) is 75.2 Å². The van der Waals surface area contributed by atoms with Gasteiger partial charge in [-0.15, -0.1) is 11.3 Å². The van der Waals surface area contributed by atoms with Crippen LogP contribution in [0.25, 0.3) is 109 Å². The van der Waals surface area contributed by atoms with Crippen LogP contribution < -0.4 is 0 Å². The summed E-state index contributed by atoms with van der Waals surface area (Å²) in [6.07, 6.45) is 33.6. The summed E-state index contributed by atoms with van der Waals surface area (Å²) in [4.78, 5) is 44.2. The number of thiophene rings is 1. The van der Waals surface area contributed by atoms with Gasteiger partial charge >= 0.3 is 0 Å². The number of fused-ring (bicyclic) bond motifs is 10. The topological polar surface area (TPSA) is 260 Å². The van der Waals surface area contributed by atoms with Gasteiger partial charge in [0.25, 0.3) is 0 Å². The van der Waals surface area contributed by atoms with E-state index in [0.29, 0.717) is 0 Å². The Morgan fingerprint density at radius 2 is 0.764 bits per heavy atom. The molecule has 0 aliphatic carbocycles. The van der Waals surface area contributed by atoms with Crippen molar-refractivity contribution in [3.05, 3.63) is 306 Å². The van der Waals surface area contributed by atoms with Gasteiger partial charge in [-0.2, -0.15) is 5.10 Å². The van der Waals surface area contributed by atoms with E-state index in [0.717, 1.165) is 93.5 Å². The first-order chi connectivity index (χ1) is 54.7. The van der Waals surface area contributed by atoms with Crippen LogP contribution in [0.3, 0.4) is 0 Å². The molecule has 0 atom stereocenters. The maximum Gasteiger partial charge on any atom is 0.181 e. The number of nitrogens with zero attached hydrogens (tertiary/aromatic N) is 10. The largest absolute Gasteiger partial charge is 0.464 e. The molecular formula is C90H115N15O4S. The number of imidazole rings is 1. The first-order valence-electron chi connectivity index (χ1n) is 38.0. The van der Waals surface area contributed by atoms with Crippen LogP contribution in [0.5, 0.6) is 0 Å². The van der Waals surface area contributed by atoms with Gasteiger partial charge in [0, 0.05) is 113 Å². The van der Waals surface area contributed by atoms with E-state index >= 15 is 0 Å². The molecule has 20 rings (SSSR count). The normalized spacial score (nSPS) is 8.91. The first-order valence-corrected chi connectivity index (χ1v) is 38.8. The Morgan fingerprint density at radius 3 is 1.42 bits per heavy atom. The maximum absolute atomic E-state index is 5.08. The number of hydrogen-bond donors (Lipinski definition) is 5. The van der Waals surface area contributed by atoms with Crippen LogP contribution in [-0.2, 0) is 0 Å². The highest BCUT2D eigenvalue weighted by Gasteiger charge is 1.97. The molecule has 0 radical (unpaired) electrons. The minimum atomic E-state index is 0.845. The number of H-pyrrole nitrogens is 5. The lowest BCUT2D eigenvalue weighted by Crippen LogP contribution is -1.68. The molecule has 0 aliphatic rings. The summed E-state index contributed by atoms with van der Waals surface area (Å²) in [6, 6.07) is 58.6. The molecule has 0 spiro atoms. The van der Waals surface area contributed by atoms with Crippen LogP contribution in [0, 0.1) is 0 Å². The van der Waals surface area contributed by atoms with E-state index in [9.17, 15) is 0 Å². The number of furan rings is 2. The number of aromatic amines is 5.